The Kier molecular flexibility index (Phi) is 8.16. The lowest BCUT2D eigenvalue weighted by molar-refractivity contribution is -0.122. The van der Waals surface area contributed by atoms with Crippen molar-refractivity contribution in [3.05, 3.63) is 64.7 Å². The number of hydrogen-bond donors (Lipinski definition) is 1. The quantitative estimate of drug-likeness (QED) is 0.632. The van der Waals surface area contributed by atoms with Crippen molar-refractivity contribution in [1.29, 1.82) is 0 Å². The van der Waals surface area contributed by atoms with Crippen LogP contribution >= 0.6 is 23.4 Å². The maximum absolute atomic E-state index is 11.8. The smallest absolute Gasteiger partial charge is 0.257 e. The van der Waals surface area contributed by atoms with Crippen molar-refractivity contribution in [2.24, 2.45) is 0 Å². The van der Waals surface area contributed by atoms with E-state index in [9.17, 15) is 4.79 Å². The van der Waals surface area contributed by atoms with Crippen LogP contribution in [0.3, 0.4) is 0 Å². The van der Waals surface area contributed by atoms with Gasteiger partial charge in [0.15, 0.2) is 6.61 Å². The normalized spacial score (nSPS) is 10.7. The van der Waals surface area contributed by atoms with Gasteiger partial charge in [-0.3, -0.25) is 4.79 Å². The van der Waals surface area contributed by atoms with Crippen molar-refractivity contribution >= 4 is 29.3 Å². The van der Waals surface area contributed by atoms with E-state index in [1.165, 1.54) is 11.1 Å². The number of halogens is 1. The second-order valence-electron chi connectivity index (χ2n) is 6.04. The van der Waals surface area contributed by atoms with Crippen LogP contribution in [-0.2, 0) is 10.5 Å². The van der Waals surface area contributed by atoms with Gasteiger partial charge in [-0.2, -0.15) is 11.8 Å². The van der Waals surface area contributed by atoms with Crippen LogP contribution < -0.4 is 10.1 Å². The summed E-state index contributed by atoms with van der Waals surface area (Å²) >= 11 is 7.63. The fourth-order valence-corrected chi connectivity index (χ4v) is 3.13. The van der Waals surface area contributed by atoms with Crippen LogP contribution in [0.5, 0.6) is 5.75 Å². The van der Waals surface area contributed by atoms with E-state index in [4.69, 9.17) is 16.3 Å². The summed E-state index contributed by atoms with van der Waals surface area (Å²) < 4.78 is 5.51. The molecule has 1 N–H and O–H groups in total. The van der Waals surface area contributed by atoms with Crippen LogP contribution in [-0.4, -0.2) is 24.8 Å². The van der Waals surface area contributed by atoms with E-state index < -0.39 is 0 Å². The number of ether oxygens (including phenoxy) is 1. The number of benzene rings is 2. The highest BCUT2D eigenvalue weighted by Gasteiger charge is 2.04. The Morgan fingerprint density at radius 1 is 1.12 bits per heavy atom. The van der Waals surface area contributed by atoms with Gasteiger partial charge in [0.2, 0.25) is 0 Å². The van der Waals surface area contributed by atoms with Crippen molar-refractivity contribution in [3.8, 4) is 5.75 Å². The standard InChI is InChI=1S/C20H24ClNO2S/c1-15(2)17-5-9-19(10-6-17)24-13-20(23)22-11-12-25-14-16-3-7-18(21)8-4-16/h3-10,15H,11-14H2,1-2H3,(H,22,23). The molecule has 0 unspecified atom stereocenters. The topological polar surface area (TPSA) is 38.3 Å². The van der Waals surface area contributed by atoms with E-state index >= 15 is 0 Å². The van der Waals surface area contributed by atoms with E-state index in [1.54, 1.807) is 11.8 Å². The van der Waals surface area contributed by atoms with Crippen LogP contribution in [0, 0.1) is 0 Å². The number of rotatable bonds is 9. The molecule has 2 rings (SSSR count). The highest BCUT2D eigenvalue weighted by molar-refractivity contribution is 7.98. The van der Waals surface area contributed by atoms with Crippen LogP contribution in [0.25, 0.3) is 0 Å². The predicted molar refractivity (Wildman–Crippen MR) is 107 cm³/mol. The molecule has 0 aliphatic heterocycles. The first-order valence-corrected chi connectivity index (χ1v) is 9.89. The van der Waals surface area contributed by atoms with Gasteiger partial charge in [-0.15, -0.1) is 0 Å². The molecule has 0 saturated heterocycles. The fraction of sp³-hybridized carbons (Fsp3) is 0.350. The molecule has 0 heterocycles. The molecule has 0 bridgehead atoms. The van der Waals surface area contributed by atoms with Gasteiger partial charge in [0.05, 0.1) is 0 Å². The number of amides is 1. The summed E-state index contributed by atoms with van der Waals surface area (Å²) in [6, 6.07) is 15.7. The molecule has 0 radical (unpaired) electrons. The molecule has 0 saturated carbocycles. The first-order chi connectivity index (χ1) is 12.0. The Balaban J connectivity index is 1.58. The van der Waals surface area contributed by atoms with Crippen molar-refractivity contribution < 1.29 is 9.53 Å². The molecule has 0 aliphatic carbocycles. The monoisotopic (exact) mass is 377 g/mol. The zero-order chi connectivity index (χ0) is 18.1. The summed E-state index contributed by atoms with van der Waals surface area (Å²) in [5.74, 6) is 2.88. The molecule has 3 nitrogen and oxygen atoms in total. The Hall–Kier alpha value is -1.65. The fourth-order valence-electron chi connectivity index (χ4n) is 2.18. The maximum atomic E-state index is 11.8. The summed E-state index contributed by atoms with van der Waals surface area (Å²) in [5.41, 5.74) is 2.49. The van der Waals surface area contributed by atoms with Crippen molar-refractivity contribution in [2.45, 2.75) is 25.5 Å². The van der Waals surface area contributed by atoms with Crippen LogP contribution in [0.2, 0.25) is 5.02 Å². The van der Waals surface area contributed by atoms with E-state index in [1.807, 2.05) is 48.5 Å². The van der Waals surface area contributed by atoms with Crippen molar-refractivity contribution in [1.82, 2.24) is 5.32 Å². The lowest BCUT2D eigenvalue weighted by atomic mass is 10.0. The van der Waals surface area contributed by atoms with Crippen molar-refractivity contribution in [2.75, 3.05) is 18.9 Å². The molecule has 2 aromatic carbocycles. The molecule has 1 amide bonds. The van der Waals surface area contributed by atoms with Crippen LogP contribution in [0.1, 0.15) is 30.9 Å². The predicted octanol–water partition coefficient (Wildman–Crippen LogP) is 4.89. The lowest BCUT2D eigenvalue weighted by Crippen LogP contribution is -2.30. The second kappa shape index (κ2) is 10.4. The Morgan fingerprint density at radius 3 is 2.44 bits per heavy atom. The summed E-state index contributed by atoms with van der Waals surface area (Å²) in [6.07, 6.45) is 0. The summed E-state index contributed by atoms with van der Waals surface area (Å²) in [4.78, 5) is 11.8. The second-order valence-corrected chi connectivity index (χ2v) is 7.58. The van der Waals surface area contributed by atoms with E-state index in [2.05, 4.69) is 19.2 Å². The number of carbonyl (C=O) groups excluding carboxylic acids is 1. The third kappa shape index (κ3) is 7.41. The average molecular weight is 378 g/mol. The first-order valence-electron chi connectivity index (χ1n) is 8.36. The van der Waals surface area contributed by atoms with Crippen LogP contribution in [0.4, 0.5) is 0 Å². The minimum atomic E-state index is -0.0972. The highest BCUT2D eigenvalue weighted by atomic mass is 35.5. The van der Waals surface area contributed by atoms with Gasteiger partial charge in [0.25, 0.3) is 5.91 Å². The van der Waals surface area contributed by atoms with E-state index in [0.717, 1.165) is 22.3 Å². The highest BCUT2D eigenvalue weighted by Crippen LogP contribution is 2.18. The molecule has 0 fully saturated rings. The van der Waals surface area contributed by atoms with Crippen LogP contribution in [0.15, 0.2) is 48.5 Å². The number of nitrogens with one attached hydrogen (secondary N) is 1. The van der Waals surface area contributed by atoms with Gasteiger partial charge >= 0.3 is 0 Å². The van der Waals surface area contributed by atoms with Crippen molar-refractivity contribution in [3.63, 3.8) is 0 Å². The number of hydrogen-bond acceptors (Lipinski definition) is 3. The van der Waals surface area contributed by atoms with E-state index in [0.29, 0.717) is 12.5 Å². The Bertz CT molecular complexity index is 656. The number of thioether (sulfide) groups is 1. The minimum Gasteiger partial charge on any atom is -0.484 e. The molecule has 2 aromatic rings. The molecule has 25 heavy (non-hydrogen) atoms. The lowest BCUT2D eigenvalue weighted by Gasteiger charge is -2.09. The molecule has 0 aromatic heterocycles. The largest absolute Gasteiger partial charge is 0.484 e. The van der Waals surface area contributed by atoms with Gasteiger partial charge in [-0.25, -0.2) is 0 Å². The van der Waals surface area contributed by atoms with E-state index in [-0.39, 0.29) is 12.5 Å². The summed E-state index contributed by atoms with van der Waals surface area (Å²) in [6.45, 7) is 4.97. The van der Waals surface area contributed by atoms with Gasteiger partial charge < -0.3 is 10.1 Å². The molecule has 5 heteroatoms. The zero-order valence-corrected chi connectivity index (χ0v) is 16.2. The Labute approximate surface area is 159 Å². The van der Waals surface area contributed by atoms with Gasteiger partial charge in [-0.1, -0.05) is 49.7 Å². The number of carbonyl (C=O) groups is 1. The third-order valence-corrected chi connectivity index (χ3v) is 4.95. The van der Waals surface area contributed by atoms with Gasteiger partial charge in [0.1, 0.15) is 5.75 Å². The zero-order valence-electron chi connectivity index (χ0n) is 14.6. The first kappa shape index (κ1) is 19.7. The molecule has 0 aliphatic rings. The average Bonchev–Trinajstić information content (AvgIpc) is 2.61. The summed E-state index contributed by atoms with van der Waals surface area (Å²) in [7, 11) is 0. The Morgan fingerprint density at radius 2 is 1.80 bits per heavy atom. The minimum absolute atomic E-state index is 0.0445. The van der Waals surface area contributed by atoms with Gasteiger partial charge in [0, 0.05) is 23.1 Å². The molecular weight excluding hydrogens is 354 g/mol. The summed E-state index contributed by atoms with van der Waals surface area (Å²) in [5, 5.41) is 3.62. The van der Waals surface area contributed by atoms with Gasteiger partial charge in [-0.05, 0) is 41.3 Å². The molecule has 134 valence electrons. The SMILES string of the molecule is CC(C)c1ccc(OCC(=O)NCCSCc2ccc(Cl)cc2)cc1. The third-order valence-electron chi connectivity index (χ3n) is 3.67. The molecule has 0 spiro atoms. The maximum Gasteiger partial charge on any atom is 0.257 e. The molecular formula is C20H24ClNO2S. The molecule has 0 atom stereocenters.